The molecule has 1 aliphatic heterocycles. The number of carbonyl (C=O) groups is 1. The number of hydrogen-bond acceptors (Lipinski definition) is 5. The fourth-order valence-electron chi connectivity index (χ4n) is 3.42. The summed E-state index contributed by atoms with van der Waals surface area (Å²) in [5.41, 5.74) is 2.73. The van der Waals surface area contributed by atoms with Gasteiger partial charge in [-0.2, -0.15) is 0 Å². The first-order valence-corrected chi connectivity index (χ1v) is 8.99. The molecule has 1 aliphatic rings. The van der Waals surface area contributed by atoms with Gasteiger partial charge in [-0.15, -0.1) is 0 Å². The molecule has 0 aliphatic carbocycles. The van der Waals surface area contributed by atoms with Crippen molar-refractivity contribution >= 4 is 11.6 Å². The summed E-state index contributed by atoms with van der Waals surface area (Å²) in [7, 11) is 4.81. The van der Waals surface area contributed by atoms with Crippen molar-refractivity contribution in [3.05, 3.63) is 47.5 Å². The zero-order chi connectivity index (χ0) is 19.4. The van der Waals surface area contributed by atoms with Crippen molar-refractivity contribution in [2.24, 2.45) is 0 Å². The highest BCUT2D eigenvalue weighted by atomic mass is 16.5. The molecule has 144 valence electrons. The lowest BCUT2D eigenvalue weighted by Crippen LogP contribution is -2.49. The average Bonchev–Trinajstić information content (AvgIpc) is 2.72. The van der Waals surface area contributed by atoms with E-state index in [-0.39, 0.29) is 5.91 Å². The average molecular weight is 370 g/mol. The minimum atomic E-state index is -0.0693. The van der Waals surface area contributed by atoms with Crippen LogP contribution in [0, 0.1) is 6.92 Å². The zero-order valence-corrected chi connectivity index (χ0v) is 16.3. The Bertz CT molecular complexity index is 792. The van der Waals surface area contributed by atoms with Gasteiger partial charge in [0.2, 0.25) is 0 Å². The van der Waals surface area contributed by atoms with Crippen LogP contribution < -0.4 is 19.1 Å². The van der Waals surface area contributed by atoms with Crippen LogP contribution in [-0.2, 0) is 0 Å². The van der Waals surface area contributed by atoms with Crippen molar-refractivity contribution in [2.75, 3.05) is 52.4 Å². The van der Waals surface area contributed by atoms with Crippen molar-refractivity contribution in [2.45, 2.75) is 6.92 Å². The van der Waals surface area contributed by atoms with Crippen LogP contribution in [0.1, 0.15) is 15.9 Å². The Morgan fingerprint density at radius 1 is 0.852 bits per heavy atom. The smallest absolute Gasteiger partial charge is 0.261 e. The van der Waals surface area contributed by atoms with Crippen LogP contribution in [0.4, 0.5) is 5.69 Å². The van der Waals surface area contributed by atoms with Crippen LogP contribution in [0.3, 0.4) is 0 Å². The molecule has 3 rings (SSSR count). The second kappa shape index (κ2) is 8.20. The second-order valence-electron chi connectivity index (χ2n) is 6.49. The van der Waals surface area contributed by atoms with Gasteiger partial charge in [0.05, 0.1) is 27.0 Å². The van der Waals surface area contributed by atoms with Gasteiger partial charge in [-0.1, -0.05) is 12.1 Å². The topological polar surface area (TPSA) is 51.2 Å². The lowest BCUT2D eigenvalue weighted by atomic mass is 10.1. The normalized spacial score (nSPS) is 14.1. The molecule has 0 bridgehead atoms. The van der Waals surface area contributed by atoms with Crippen molar-refractivity contribution in [3.63, 3.8) is 0 Å². The lowest BCUT2D eigenvalue weighted by Gasteiger charge is -2.37. The van der Waals surface area contributed by atoms with Gasteiger partial charge in [0, 0.05) is 26.2 Å². The lowest BCUT2D eigenvalue weighted by molar-refractivity contribution is 0.0739. The quantitative estimate of drug-likeness (QED) is 0.810. The third kappa shape index (κ3) is 3.79. The molecule has 0 N–H and O–H groups in total. The van der Waals surface area contributed by atoms with Crippen LogP contribution in [-0.4, -0.2) is 58.3 Å². The van der Waals surface area contributed by atoms with E-state index in [0.717, 1.165) is 24.5 Å². The second-order valence-corrected chi connectivity index (χ2v) is 6.49. The molecule has 1 saturated heterocycles. The third-order valence-corrected chi connectivity index (χ3v) is 4.88. The SMILES string of the molecule is COc1ccc(C)cc1N1CCN(C(=O)c2c(OC)cccc2OC)CC1. The van der Waals surface area contributed by atoms with Crippen LogP contribution >= 0.6 is 0 Å². The molecule has 0 atom stereocenters. The fourth-order valence-corrected chi connectivity index (χ4v) is 3.42. The predicted molar refractivity (Wildman–Crippen MR) is 105 cm³/mol. The highest BCUT2D eigenvalue weighted by Crippen LogP contribution is 2.32. The number of rotatable bonds is 5. The van der Waals surface area contributed by atoms with Gasteiger partial charge in [0.1, 0.15) is 22.8 Å². The van der Waals surface area contributed by atoms with E-state index in [1.54, 1.807) is 33.5 Å². The Hall–Kier alpha value is -2.89. The van der Waals surface area contributed by atoms with E-state index < -0.39 is 0 Å². The van der Waals surface area contributed by atoms with E-state index in [0.29, 0.717) is 30.2 Å². The summed E-state index contributed by atoms with van der Waals surface area (Å²) in [5, 5.41) is 0. The molecule has 1 heterocycles. The largest absolute Gasteiger partial charge is 0.496 e. The molecule has 27 heavy (non-hydrogen) atoms. The van der Waals surface area contributed by atoms with Crippen LogP contribution in [0.5, 0.6) is 17.2 Å². The molecule has 6 heteroatoms. The Balaban J connectivity index is 1.77. The van der Waals surface area contributed by atoms with Crippen molar-refractivity contribution in [1.82, 2.24) is 4.90 Å². The number of piperazine rings is 1. The minimum Gasteiger partial charge on any atom is -0.496 e. The van der Waals surface area contributed by atoms with E-state index in [2.05, 4.69) is 17.9 Å². The standard InChI is InChI=1S/C21H26N2O4/c1-15-8-9-17(25-2)16(14-15)22-10-12-23(13-11-22)21(24)20-18(26-3)6-5-7-19(20)27-4/h5-9,14H,10-13H2,1-4H3. The number of nitrogens with zero attached hydrogens (tertiary/aromatic N) is 2. The molecule has 0 saturated carbocycles. The van der Waals surface area contributed by atoms with Crippen LogP contribution in [0.25, 0.3) is 0 Å². The maximum Gasteiger partial charge on any atom is 0.261 e. The summed E-state index contributed by atoms with van der Waals surface area (Å²) in [5.74, 6) is 1.84. The number of amides is 1. The molecule has 0 unspecified atom stereocenters. The number of methoxy groups -OCH3 is 3. The third-order valence-electron chi connectivity index (χ3n) is 4.88. The zero-order valence-electron chi connectivity index (χ0n) is 16.3. The van der Waals surface area contributed by atoms with Gasteiger partial charge in [-0.05, 0) is 36.8 Å². The maximum absolute atomic E-state index is 13.1. The maximum atomic E-state index is 13.1. The van der Waals surface area contributed by atoms with Crippen molar-refractivity contribution < 1.29 is 19.0 Å². The molecule has 1 fully saturated rings. The summed E-state index contributed by atoms with van der Waals surface area (Å²) in [6.45, 7) is 4.79. The molecule has 2 aromatic rings. The Kier molecular flexibility index (Phi) is 5.74. The van der Waals surface area contributed by atoms with E-state index in [1.807, 2.05) is 23.1 Å². The molecular weight excluding hydrogens is 344 g/mol. The van der Waals surface area contributed by atoms with Crippen molar-refractivity contribution in [1.29, 1.82) is 0 Å². The van der Waals surface area contributed by atoms with Gasteiger partial charge in [0.15, 0.2) is 0 Å². The number of carbonyl (C=O) groups excluding carboxylic acids is 1. The van der Waals surface area contributed by atoms with Gasteiger partial charge in [0.25, 0.3) is 5.91 Å². The molecule has 0 radical (unpaired) electrons. The highest BCUT2D eigenvalue weighted by molar-refractivity contribution is 5.99. The first kappa shape index (κ1) is 18.9. The molecule has 0 aromatic heterocycles. The van der Waals surface area contributed by atoms with Gasteiger partial charge in [-0.3, -0.25) is 4.79 Å². The molecule has 2 aromatic carbocycles. The number of hydrogen-bond donors (Lipinski definition) is 0. The van der Waals surface area contributed by atoms with Gasteiger partial charge in [-0.25, -0.2) is 0 Å². The summed E-state index contributed by atoms with van der Waals surface area (Å²) in [6.07, 6.45) is 0. The van der Waals surface area contributed by atoms with E-state index in [4.69, 9.17) is 14.2 Å². The summed E-state index contributed by atoms with van der Waals surface area (Å²) in [4.78, 5) is 17.2. The fraction of sp³-hybridized carbons (Fsp3) is 0.381. The first-order chi connectivity index (χ1) is 13.1. The number of aryl methyl sites for hydroxylation is 1. The monoisotopic (exact) mass is 370 g/mol. The highest BCUT2D eigenvalue weighted by Gasteiger charge is 2.28. The Morgan fingerprint density at radius 2 is 1.44 bits per heavy atom. The van der Waals surface area contributed by atoms with Crippen LogP contribution in [0.15, 0.2) is 36.4 Å². The van der Waals surface area contributed by atoms with Crippen molar-refractivity contribution in [3.8, 4) is 17.2 Å². The molecule has 6 nitrogen and oxygen atoms in total. The Morgan fingerprint density at radius 3 is 2.00 bits per heavy atom. The molecular formula is C21H26N2O4. The predicted octanol–water partition coefficient (Wildman–Crippen LogP) is 2.98. The number of ether oxygens (including phenoxy) is 3. The summed E-state index contributed by atoms with van der Waals surface area (Å²) < 4.78 is 16.3. The molecule has 0 spiro atoms. The summed E-state index contributed by atoms with van der Waals surface area (Å²) in [6, 6.07) is 11.5. The number of benzene rings is 2. The van der Waals surface area contributed by atoms with E-state index >= 15 is 0 Å². The van der Waals surface area contributed by atoms with E-state index in [1.165, 1.54) is 5.56 Å². The van der Waals surface area contributed by atoms with Gasteiger partial charge < -0.3 is 24.0 Å². The van der Waals surface area contributed by atoms with Gasteiger partial charge >= 0.3 is 0 Å². The minimum absolute atomic E-state index is 0.0693. The van der Waals surface area contributed by atoms with E-state index in [9.17, 15) is 4.79 Å². The molecule has 1 amide bonds. The first-order valence-electron chi connectivity index (χ1n) is 8.99. The van der Waals surface area contributed by atoms with Crippen LogP contribution in [0.2, 0.25) is 0 Å². The number of anilines is 1. The summed E-state index contributed by atoms with van der Waals surface area (Å²) >= 11 is 0. The Labute approximate surface area is 160 Å².